The first-order valence-corrected chi connectivity index (χ1v) is 2.03. The van der Waals surface area contributed by atoms with E-state index < -0.39 is 0 Å². The van der Waals surface area contributed by atoms with Crippen molar-refractivity contribution in [3.8, 4) is 6.07 Å². The average molecular weight is 93.1 g/mol. The lowest BCUT2D eigenvalue weighted by molar-refractivity contribution is 1.50. The van der Waals surface area contributed by atoms with E-state index >= 15 is 0 Å². The van der Waals surface area contributed by atoms with Gasteiger partial charge in [-0.15, -0.1) is 0 Å². The van der Waals surface area contributed by atoms with Crippen LogP contribution in [0.3, 0.4) is 0 Å². The first kappa shape index (κ1) is 5.97. The highest BCUT2D eigenvalue weighted by molar-refractivity contribution is 5.28. The molecular formula is C6H7N. The van der Waals surface area contributed by atoms with E-state index in [9.17, 15) is 0 Å². The second-order valence-electron chi connectivity index (χ2n) is 1.14. The quantitative estimate of drug-likeness (QED) is 0.357. The zero-order valence-electron chi connectivity index (χ0n) is 4.31. The van der Waals surface area contributed by atoms with E-state index in [4.69, 9.17) is 5.26 Å². The van der Waals surface area contributed by atoms with Crippen LogP contribution in [0.2, 0.25) is 0 Å². The molecule has 0 heterocycles. The Morgan fingerprint density at radius 2 is 2.43 bits per heavy atom. The molecule has 0 rings (SSSR count). The molecule has 0 aromatic heterocycles. The Hall–Kier alpha value is -1.03. The lowest BCUT2D eigenvalue weighted by Gasteiger charge is -1.72. The van der Waals surface area contributed by atoms with Gasteiger partial charge < -0.3 is 0 Å². The number of nitrogens with zero attached hydrogens (tertiary/aromatic N) is 1. The Bertz CT molecular complexity index is 126. The standard InChI is InChI=1S/C6H7N/c1-3-4-6(2)5-7/h3-4H,2H2,1H3. The van der Waals surface area contributed by atoms with Crippen molar-refractivity contribution in [1.29, 1.82) is 5.26 Å². The van der Waals surface area contributed by atoms with Crippen molar-refractivity contribution in [1.82, 2.24) is 0 Å². The molecule has 0 radical (unpaired) electrons. The van der Waals surface area contributed by atoms with Gasteiger partial charge in [-0.3, -0.25) is 0 Å². The van der Waals surface area contributed by atoms with Crippen molar-refractivity contribution >= 4 is 0 Å². The topological polar surface area (TPSA) is 23.8 Å². The molecule has 0 unspecified atom stereocenters. The Kier molecular flexibility index (Phi) is 2.70. The molecule has 0 spiro atoms. The van der Waals surface area contributed by atoms with Crippen LogP contribution >= 0.6 is 0 Å². The summed E-state index contributed by atoms with van der Waals surface area (Å²) in [7, 11) is 0. The minimum absolute atomic E-state index is 0.502. The van der Waals surface area contributed by atoms with E-state index in [1.807, 2.05) is 13.0 Å². The number of hydrogen-bond donors (Lipinski definition) is 0. The molecule has 0 aliphatic heterocycles. The van der Waals surface area contributed by atoms with E-state index in [1.54, 1.807) is 12.2 Å². The number of allylic oxidation sites excluding steroid dienone is 3. The van der Waals surface area contributed by atoms with Gasteiger partial charge in [0.05, 0.1) is 6.07 Å². The fraction of sp³-hybridized carbons (Fsp3) is 0.167. The van der Waals surface area contributed by atoms with Crippen molar-refractivity contribution < 1.29 is 0 Å². The van der Waals surface area contributed by atoms with Gasteiger partial charge in [0.1, 0.15) is 0 Å². The van der Waals surface area contributed by atoms with Gasteiger partial charge in [0, 0.05) is 5.57 Å². The largest absolute Gasteiger partial charge is 0.192 e. The Balaban J connectivity index is 3.66. The molecule has 0 fully saturated rings. The van der Waals surface area contributed by atoms with Crippen molar-refractivity contribution in [3.63, 3.8) is 0 Å². The van der Waals surface area contributed by atoms with Crippen LogP contribution in [0.5, 0.6) is 0 Å². The van der Waals surface area contributed by atoms with Crippen LogP contribution in [0.4, 0.5) is 0 Å². The molecule has 0 aromatic rings. The zero-order chi connectivity index (χ0) is 5.70. The normalized spacial score (nSPS) is 8.57. The summed E-state index contributed by atoms with van der Waals surface area (Å²) in [6.45, 7) is 5.26. The fourth-order valence-corrected chi connectivity index (χ4v) is 0.238. The van der Waals surface area contributed by atoms with Crippen LogP contribution in [-0.2, 0) is 0 Å². The zero-order valence-corrected chi connectivity index (χ0v) is 4.31. The molecule has 0 amide bonds. The second-order valence-corrected chi connectivity index (χ2v) is 1.14. The maximum atomic E-state index is 8.07. The van der Waals surface area contributed by atoms with Crippen LogP contribution in [0.25, 0.3) is 0 Å². The van der Waals surface area contributed by atoms with Crippen LogP contribution < -0.4 is 0 Å². The van der Waals surface area contributed by atoms with Crippen LogP contribution in [0.1, 0.15) is 6.92 Å². The summed E-state index contributed by atoms with van der Waals surface area (Å²) in [6.07, 6.45) is 3.45. The van der Waals surface area contributed by atoms with Gasteiger partial charge in [-0.2, -0.15) is 5.26 Å². The van der Waals surface area contributed by atoms with Gasteiger partial charge in [-0.05, 0) is 13.0 Å². The summed E-state index contributed by atoms with van der Waals surface area (Å²) in [5, 5.41) is 8.07. The molecule has 0 N–H and O–H groups in total. The monoisotopic (exact) mass is 93.1 g/mol. The molecular weight excluding hydrogens is 86.1 g/mol. The average Bonchev–Trinajstić information content (AvgIpc) is 1.68. The third-order valence-corrected chi connectivity index (χ3v) is 0.511. The lowest BCUT2D eigenvalue weighted by Crippen LogP contribution is -1.60. The second kappa shape index (κ2) is 3.17. The third-order valence-electron chi connectivity index (χ3n) is 0.511. The van der Waals surface area contributed by atoms with Crippen LogP contribution in [0, 0.1) is 11.3 Å². The summed E-state index contributed by atoms with van der Waals surface area (Å²) >= 11 is 0. The molecule has 1 nitrogen and oxygen atoms in total. The first-order valence-electron chi connectivity index (χ1n) is 2.03. The molecule has 1 heteroatoms. The first-order chi connectivity index (χ1) is 3.31. The summed E-state index contributed by atoms with van der Waals surface area (Å²) < 4.78 is 0. The molecule has 0 aromatic carbocycles. The van der Waals surface area contributed by atoms with Gasteiger partial charge in [0.25, 0.3) is 0 Å². The van der Waals surface area contributed by atoms with E-state index in [1.165, 1.54) is 0 Å². The summed E-state index contributed by atoms with van der Waals surface area (Å²) in [6, 6.07) is 1.88. The smallest absolute Gasteiger partial charge is 0.0985 e. The molecule has 0 bridgehead atoms. The van der Waals surface area contributed by atoms with Gasteiger partial charge in [-0.25, -0.2) is 0 Å². The van der Waals surface area contributed by atoms with E-state index in [-0.39, 0.29) is 0 Å². The number of rotatable bonds is 1. The Morgan fingerprint density at radius 3 is 2.57 bits per heavy atom. The minimum Gasteiger partial charge on any atom is -0.192 e. The van der Waals surface area contributed by atoms with E-state index in [0.29, 0.717) is 5.57 Å². The number of nitriles is 1. The lowest BCUT2D eigenvalue weighted by atomic mass is 10.3. The van der Waals surface area contributed by atoms with Crippen molar-refractivity contribution in [3.05, 3.63) is 24.3 Å². The van der Waals surface area contributed by atoms with Crippen molar-refractivity contribution in [2.24, 2.45) is 0 Å². The van der Waals surface area contributed by atoms with Crippen LogP contribution in [0.15, 0.2) is 24.3 Å². The maximum Gasteiger partial charge on any atom is 0.0985 e. The molecule has 0 saturated heterocycles. The van der Waals surface area contributed by atoms with Crippen molar-refractivity contribution in [2.75, 3.05) is 0 Å². The molecule has 7 heavy (non-hydrogen) atoms. The van der Waals surface area contributed by atoms with E-state index in [2.05, 4.69) is 6.58 Å². The molecule has 0 aliphatic carbocycles. The molecule has 0 aliphatic rings. The predicted octanol–water partition coefficient (Wildman–Crippen LogP) is 1.64. The summed E-state index contributed by atoms with van der Waals surface area (Å²) in [5.41, 5.74) is 0.502. The summed E-state index contributed by atoms with van der Waals surface area (Å²) in [5.74, 6) is 0. The Labute approximate surface area is 43.6 Å². The van der Waals surface area contributed by atoms with Gasteiger partial charge in [-0.1, -0.05) is 12.7 Å². The van der Waals surface area contributed by atoms with Gasteiger partial charge in [0.15, 0.2) is 0 Å². The number of hydrogen-bond acceptors (Lipinski definition) is 1. The van der Waals surface area contributed by atoms with Crippen molar-refractivity contribution in [2.45, 2.75) is 6.92 Å². The molecule has 36 valence electrons. The molecule has 0 atom stereocenters. The fourth-order valence-electron chi connectivity index (χ4n) is 0.238. The highest BCUT2D eigenvalue weighted by Gasteiger charge is 1.73. The van der Waals surface area contributed by atoms with Gasteiger partial charge in [0.2, 0.25) is 0 Å². The summed E-state index contributed by atoms with van der Waals surface area (Å²) in [4.78, 5) is 0. The maximum absolute atomic E-state index is 8.07. The SMILES string of the molecule is C=C(C#N)C=CC. The van der Waals surface area contributed by atoms with E-state index in [0.717, 1.165) is 0 Å². The predicted molar refractivity (Wildman–Crippen MR) is 29.6 cm³/mol. The highest BCUT2D eigenvalue weighted by Crippen LogP contribution is 1.85. The Morgan fingerprint density at radius 1 is 1.86 bits per heavy atom. The van der Waals surface area contributed by atoms with Crippen LogP contribution in [-0.4, -0.2) is 0 Å². The highest BCUT2D eigenvalue weighted by atomic mass is 14.2. The third kappa shape index (κ3) is 2.78. The minimum atomic E-state index is 0.502. The molecule has 0 saturated carbocycles. The van der Waals surface area contributed by atoms with Gasteiger partial charge >= 0.3 is 0 Å².